The molecular formula is C10H19N3O. The van der Waals surface area contributed by atoms with Gasteiger partial charge in [0.15, 0.2) is 0 Å². The molecule has 0 bridgehead atoms. The second-order valence-electron chi connectivity index (χ2n) is 3.42. The Bertz CT molecular complexity index is 251. The minimum absolute atomic E-state index is 0.817. The fourth-order valence-electron chi connectivity index (χ4n) is 1.37. The number of nitrogens with zero attached hydrogens (tertiary/aromatic N) is 2. The van der Waals surface area contributed by atoms with Crippen LogP contribution in [0.5, 0.6) is 0 Å². The Balaban J connectivity index is 2.24. The molecule has 14 heavy (non-hydrogen) atoms. The summed E-state index contributed by atoms with van der Waals surface area (Å²) < 4.78 is 6.88. The third-order valence-electron chi connectivity index (χ3n) is 2.26. The van der Waals surface area contributed by atoms with Gasteiger partial charge in [-0.3, -0.25) is 4.68 Å². The Morgan fingerprint density at radius 1 is 1.57 bits per heavy atom. The molecular weight excluding hydrogens is 178 g/mol. The minimum atomic E-state index is 0.817. The van der Waals surface area contributed by atoms with Gasteiger partial charge in [-0.2, -0.15) is 5.10 Å². The summed E-state index contributed by atoms with van der Waals surface area (Å²) in [6.07, 6.45) is 2.94. The summed E-state index contributed by atoms with van der Waals surface area (Å²) in [5.41, 5.74) is 2.49. The predicted octanol–water partition coefficient (Wildman–Crippen LogP) is 0.855. The van der Waals surface area contributed by atoms with Gasteiger partial charge < -0.3 is 10.1 Å². The number of nitrogens with one attached hydrogen (secondary N) is 1. The lowest BCUT2D eigenvalue weighted by atomic mass is 10.3. The van der Waals surface area contributed by atoms with E-state index >= 15 is 0 Å². The zero-order valence-corrected chi connectivity index (χ0v) is 9.21. The summed E-state index contributed by atoms with van der Waals surface area (Å²) in [5.74, 6) is 0. The molecule has 1 N–H and O–H groups in total. The number of methoxy groups -OCH3 is 1. The van der Waals surface area contributed by atoms with Gasteiger partial charge in [0.2, 0.25) is 0 Å². The Morgan fingerprint density at radius 2 is 2.36 bits per heavy atom. The highest BCUT2D eigenvalue weighted by Crippen LogP contribution is 2.04. The molecule has 0 aromatic carbocycles. The maximum atomic E-state index is 4.97. The quantitative estimate of drug-likeness (QED) is 0.687. The van der Waals surface area contributed by atoms with Gasteiger partial charge >= 0.3 is 0 Å². The summed E-state index contributed by atoms with van der Waals surface area (Å²) in [5, 5.41) is 7.55. The summed E-state index contributed by atoms with van der Waals surface area (Å²) in [6, 6.07) is 0. The molecule has 0 amide bonds. The molecule has 0 spiro atoms. The molecule has 1 aromatic heterocycles. The monoisotopic (exact) mass is 197 g/mol. The van der Waals surface area contributed by atoms with Crippen LogP contribution in [0, 0.1) is 6.92 Å². The van der Waals surface area contributed by atoms with E-state index in [0.717, 1.165) is 26.1 Å². The first-order valence-electron chi connectivity index (χ1n) is 4.93. The Labute approximate surface area is 85.3 Å². The largest absolute Gasteiger partial charge is 0.385 e. The van der Waals surface area contributed by atoms with Crippen molar-refractivity contribution in [3.8, 4) is 0 Å². The van der Waals surface area contributed by atoms with Crippen molar-refractivity contribution in [2.24, 2.45) is 7.05 Å². The van der Waals surface area contributed by atoms with E-state index in [1.807, 2.05) is 17.9 Å². The standard InChI is InChI=1S/C10H19N3O/c1-9-7-12-13(2)10(9)8-11-5-4-6-14-3/h7,11H,4-6,8H2,1-3H3. The van der Waals surface area contributed by atoms with Gasteiger partial charge in [-0.05, 0) is 25.5 Å². The van der Waals surface area contributed by atoms with Gasteiger partial charge in [0.1, 0.15) is 0 Å². The van der Waals surface area contributed by atoms with Crippen molar-refractivity contribution in [3.63, 3.8) is 0 Å². The molecule has 0 aliphatic heterocycles. The number of aromatic nitrogens is 2. The van der Waals surface area contributed by atoms with Crippen molar-refractivity contribution in [2.45, 2.75) is 19.9 Å². The molecule has 0 atom stereocenters. The van der Waals surface area contributed by atoms with E-state index in [4.69, 9.17) is 4.74 Å². The molecule has 4 nitrogen and oxygen atoms in total. The maximum absolute atomic E-state index is 4.97. The van der Waals surface area contributed by atoms with Crippen molar-refractivity contribution in [1.29, 1.82) is 0 Å². The van der Waals surface area contributed by atoms with E-state index in [2.05, 4.69) is 17.3 Å². The van der Waals surface area contributed by atoms with Gasteiger partial charge in [-0.15, -0.1) is 0 Å². The molecule has 0 aliphatic carbocycles. The SMILES string of the molecule is COCCCNCc1c(C)cnn1C. The van der Waals surface area contributed by atoms with Crippen molar-refractivity contribution >= 4 is 0 Å². The number of ether oxygens (including phenoxy) is 1. The zero-order valence-electron chi connectivity index (χ0n) is 9.21. The van der Waals surface area contributed by atoms with Crippen LogP contribution in [0.2, 0.25) is 0 Å². The topological polar surface area (TPSA) is 39.1 Å². The van der Waals surface area contributed by atoms with E-state index in [0.29, 0.717) is 0 Å². The molecule has 80 valence electrons. The van der Waals surface area contributed by atoms with Crippen LogP contribution in [0.15, 0.2) is 6.20 Å². The molecule has 1 rings (SSSR count). The summed E-state index contributed by atoms with van der Waals surface area (Å²) in [6.45, 7) is 4.76. The van der Waals surface area contributed by atoms with E-state index in [1.165, 1.54) is 11.3 Å². The van der Waals surface area contributed by atoms with Gasteiger partial charge in [0.25, 0.3) is 0 Å². The van der Waals surface area contributed by atoms with Gasteiger partial charge in [-0.1, -0.05) is 0 Å². The molecule has 4 heteroatoms. The molecule has 0 radical (unpaired) electrons. The lowest BCUT2D eigenvalue weighted by molar-refractivity contribution is 0.194. The first-order valence-corrected chi connectivity index (χ1v) is 4.93. The molecule has 0 unspecified atom stereocenters. The van der Waals surface area contributed by atoms with E-state index in [1.54, 1.807) is 7.11 Å². The van der Waals surface area contributed by atoms with Gasteiger partial charge in [0, 0.05) is 27.3 Å². The summed E-state index contributed by atoms with van der Waals surface area (Å²) in [4.78, 5) is 0. The molecule has 0 aliphatic rings. The van der Waals surface area contributed by atoms with E-state index in [9.17, 15) is 0 Å². The highest BCUT2D eigenvalue weighted by Gasteiger charge is 2.02. The third kappa shape index (κ3) is 3.12. The first kappa shape index (κ1) is 11.2. The van der Waals surface area contributed by atoms with Crippen LogP contribution in [0.1, 0.15) is 17.7 Å². The second kappa shape index (κ2) is 5.78. The van der Waals surface area contributed by atoms with Gasteiger partial charge in [0.05, 0.1) is 11.9 Å². The lowest BCUT2D eigenvalue weighted by Gasteiger charge is -2.05. The fourth-order valence-corrected chi connectivity index (χ4v) is 1.37. The molecule has 0 fully saturated rings. The van der Waals surface area contributed by atoms with Crippen LogP contribution in [0.25, 0.3) is 0 Å². The maximum Gasteiger partial charge on any atom is 0.0547 e. The van der Waals surface area contributed by atoms with Crippen LogP contribution >= 0.6 is 0 Å². The highest BCUT2D eigenvalue weighted by molar-refractivity contribution is 5.14. The molecule has 0 saturated heterocycles. The Kier molecular flexibility index (Phi) is 4.62. The van der Waals surface area contributed by atoms with Crippen LogP contribution in [-0.4, -0.2) is 30.0 Å². The molecule has 0 saturated carbocycles. The number of hydrogen-bond donors (Lipinski definition) is 1. The summed E-state index contributed by atoms with van der Waals surface area (Å²) in [7, 11) is 3.70. The predicted molar refractivity (Wildman–Crippen MR) is 56.1 cm³/mol. The van der Waals surface area contributed by atoms with Crippen LogP contribution in [-0.2, 0) is 18.3 Å². The third-order valence-corrected chi connectivity index (χ3v) is 2.26. The normalized spacial score (nSPS) is 10.8. The first-order chi connectivity index (χ1) is 6.75. The highest BCUT2D eigenvalue weighted by atomic mass is 16.5. The second-order valence-corrected chi connectivity index (χ2v) is 3.42. The number of aryl methyl sites for hydroxylation is 2. The lowest BCUT2D eigenvalue weighted by Crippen LogP contribution is -2.18. The average molecular weight is 197 g/mol. The van der Waals surface area contributed by atoms with Gasteiger partial charge in [-0.25, -0.2) is 0 Å². The van der Waals surface area contributed by atoms with Crippen molar-refractivity contribution in [2.75, 3.05) is 20.3 Å². The minimum Gasteiger partial charge on any atom is -0.385 e. The zero-order chi connectivity index (χ0) is 10.4. The van der Waals surface area contributed by atoms with Crippen LogP contribution in [0.3, 0.4) is 0 Å². The van der Waals surface area contributed by atoms with Crippen molar-refractivity contribution in [3.05, 3.63) is 17.5 Å². The van der Waals surface area contributed by atoms with E-state index in [-0.39, 0.29) is 0 Å². The smallest absolute Gasteiger partial charge is 0.0547 e. The Morgan fingerprint density at radius 3 is 2.93 bits per heavy atom. The number of rotatable bonds is 6. The van der Waals surface area contributed by atoms with Crippen molar-refractivity contribution in [1.82, 2.24) is 15.1 Å². The number of hydrogen-bond acceptors (Lipinski definition) is 3. The van der Waals surface area contributed by atoms with Crippen molar-refractivity contribution < 1.29 is 4.74 Å². The Hall–Kier alpha value is -0.870. The molecule has 1 heterocycles. The fraction of sp³-hybridized carbons (Fsp3) is 0.700. The van der Waals surface area contributed by atoms with E-state index < -0.39 is 0 Å². The average Bonchev–Trinajstić information content (AvgIpc) is 2.48. The molecule has 1 aromatic rings. The van der Waals surface area contributed by atoms with Crippen LogP contribution in [0.4, 0.5) is 0 Å². The summed E-state index contributed by atoms with van der Waals surface area (Å²) >= 11 is 0. The van der Waals surface area contributed by atoms with Crippen LogP contribution < -0.4 is 5.32 Å².